The van der Waals surface area contributed by atoms with Crippen molar-refractivity contribution in [3.8, 4) is 0 Å². The normalized spacial score (nSPS) is 23.4. The predicted octanol–water partition coefficient (Wildman–Crippen LogP) is 2.14. The summed E-state index contributed by atoms with van der Waals surface area (Å²) in [5.74, 6) is -0.0686. The molecule has 27 heavy (non-hydrogen) atoms. The Kier molecular flexibility index (Phi) is 5.67. The molecule has 1 fully saturated rings. The maximum absolute atomic E-state index is 13.0. The number of amides is 1. The number of nitrogens with one attached hydrogen (secondary N) is 2. The Balaban J connectivity index is 0.00000210. The van der Waals surface area contributed by atoms with Gasteiger partial charge in [-0.1, -0.05) is 6.07 Å². The number of hydrogen-bond donors (Lipinski definition) is 2. The van der Waals surface area contributed by atoms with Crippen molar-refractivity contribution < 1.29 is 13.6 Å². The van der Waals surface area contributed by atoms with Gasteiger partial charge in [-0.05, 0) is 30.5 Å². The highest BCUT2D eigenvalue weighted by atomic mass is 35.5. The average molecular weight is 399 g/mol. The van der Waals surface area contributed by atoms with Gasteiger partial charge in [0.05, 0.1) is 6.04 Å². The van der Waals surface area contributed by atoms with Gasteiger partial charge in [0.25, 0.3) is 11.5 Å². The Hall–Kier alpha value is -2.19. The smallest absolute Gasteiger partial charge is 0.319 e. The second kappa shape index (κ2) is 7.82. The zero-order chi connectivity index (χ0) is 18.3. The molecule has 4 heterocycles. The Morgan fingerprint density at radius 2 is 2.07 bits per heavy atom. The zero-order valence-electron chi connectivity index (χ0n) is 14.5. The minimum atomic E-state index is -2.77. The molecule has 0 radical (unpaired) electrons. The molecule has 2 aliphatic heterocycles. The van der Waals surface area contributed by atoms with Gasteiger partial charge < -0.3 is 15.2 Å². The summed E-state index contributed by atoms with van der Waals surface area (Å²) in [5.41, 5.74) is 0.793. The molecule has 0 aromatic carbocycles. The van der Waals surface area contributed by atoms with E-state index in [0.29, 0.717) is 4.57 Å². The molecule has 2 N–H and O–H groups in total. The summed E-state index contributed by atoms with van der Waals surface area (Å²) in [6.07, 6.45) is 2.13. The van der Waals surface area contributed by atoms with Crippen molar-refractivity contribution in [2.75, 3.05) is 19.6 Å². The summed E-state index contributed by atoms with van der Waals surface area (Å²) in [7, 11) is 0. The van der Waals surface area contributed by atoms with E-state index >= 15 is 0 Å². The molecule has 2 aromatic heterocycles. The molecule has 0 unspecified atom stereocenters. The average Bonchev–Trinajstić information content (AvgIpc) is 3.12. The van der Waals surface area contributed by atoms with Crippen molar-refractivity contribution in [2.45, 2.75) is 24.9 Å². The lowest BCUT2D eigenvalue weighted by Gasteiger charge is -2.43. The molecule has 2 aromatic rings. The van der Waals surface area contributed by atoms with Gasteiger partial charge in [0, 0.05) is 43.5 Å². The monoisotopic (exact) mass is 398 g/mol. The van der Waals surface area contributed by atoms with Crippen LogP contribution >= 0.6 is 12.4 Å². The van der Waals surface area contributed by atoms with E-state index < -0.39 is 12.5 Å². The van der Waals surface area contributed by atoms with Crippen LogP contribution in [0.3, 0.4) is 0 Å². The Labute approximate surface area is 161 Å². The maximum atomic E-state index is 13.0. The molecule has 1 saturated heterocycles. The van der Waals surface area contributed by atoms with Gasteiger partial charge in [0.1, 0.15) is 5.69 Å². The first-order valence-electron chi connectivity index (χ1n) is 8.71. The minimum absolute atomic E-state index is 0. The first-order valence-corrected chi connectivity index (χ1v) is 8.71. The molecule has 146 valence electrons. The number of halogens is 3. The van der Waals surface area contributed by atoms with Gasteiger partial charge in [-0.15, -0.1) is 12.4 Å². The van der Waals surface area contributed by atoms with Crippen LogP contribution in [0.15, 0.2) is 41.3 Å². The number of aromatic nitrogens is 2. The lowest BCUT2D eigenvalue weighted by Crippen LogP contribution is -2.50. The van der Waals surface area contributed by atoms with E-state index in [4.69, 9.17) is 0 Å². The lowest BCUT2D eigenvalue weighted by atomic mass is 9.79. The summed E-state index contributed by atoms with van der Waals surface area (Å²) in [6.45, 7) is -0.942. The molecule has 0 aliphatic carbocycles. The molecule has 3 atom stereocenters. The van der Waals surface area contributed by atoms with E-state index in [9.17, 15) is 18.4 Å². The summed E-state index contributed by atoms with van der Waals surface area (Å²) in [6, 6.07) is 7.81. The first-order chi connectivity index (χ1) is 12.6. The van der Waals surface area contributed by atoms with E-state index in [1.165, 1.54) is 24.4 Å². The van der Waals surface area contributed by atoms with Crippen LogP contribution in [-0.2, 0) is 0 Å². The highest BCUT2D eigenvalue weighted by molar-refractivity contribution is 5.92. The second-order valence-electron chi connectivity index (χ2n) is 6.87. The lowest BCUT2D eigenvalue weighted by molar-refractivity contribution is 0.0631. The van der Waals surface area contributed by atoms with Gasteiger partial charge in [-0.2, -0.15) is 8.78 Å². The minimum Gasteiger partial charge on any atom is -0.349 e. The topological polar surface area (TPSA) is 68.1 Å². The fourth-order valence-corrected chi connectivity index (χ4v) is 4.21. The van der Waals surface area contributed by atoms with Crippen LogP contribution in [-0.4, -0.2) is 34.7 Å². The third-order valence-electron chi connectivity index (χ3n) is 5.39. The maximum Gasteiger partial charge on any atom is 0.319 e. The molecule has 4 rings (SSSR count). The van der Waals surface area contributed by atoms with E-state index in [1.54, 1.807) is 10.6 Å². The Bertz CT molecular complexity index is 882. The van der Waals surface area contributed by atoms with Gasteiger partial charge in [-0.3, -0.25) is 14.2 Å². The summed E-state index contributed by atoms with van der Waals surface area (Å²) >= 11 is 0. The molecular weight excluding hydrogens is 378 g/mol. The molecule has 0 spiro atoms. The number of carbonyl (C=O) groups is 1. The highest BCUT2D eigenvalue weighted by Gasteiger charge is 2.37. The standard InChI is InChI=1S/C18H20F2N4O2.ClH/c19-18(20)23-6-2-4-14(23)17(26)22-10-15-12-7-11(8-21-9-12)13-3-1-5-16(25)24(13)15;/h1-6,11-12,15,18,21H,7-10H2,(H,22,26);1H/t11-,12+,15+;/m1./s1. The fraction of sp³-hybridized carbons (Fsp3) is 0.444. The Morgan fingerprint density at radius 3 is 2.85 bits per heavy atom. The van der Waals surface area contributed by atoms with Crippen LogP contribution in [0.4, 0.5) is 8.78 Å². The number of hydrogen-bond acceptors (Lipinski definition) is 3. The molecule has 9 heteroatoms. The summed E-state index contributed by atoms with van der Waals surface area (Å²) < 4.78 is 28.3. The fourth-order valence-electron chi connectivity index (χ4n) is 4.21. The molecule has 2 aliphatic rings. The molecule has 0 saturated carbocycles. The van der Waals surface area contributed by atoms with E-state index in [1.807, 2.05) is 6.07 Å². The number of nitrogens with zero attached hydrogens (tertiary/aromatic N) is 2. The van der Waals surface area contributed by atoms with Crippen LogP contribution < -0.4 is 16.2 Å². The highest BCUT2D eigenvalue weighted by Crippen LogP contribution is 2.38. The van der Waals surface area contributed by atoms with Crippen LogP contribution in [0, 0.1) is 5.92 Å². The SMILES string of the molecule is Cl.O=C(NC[C@H]1[C@@H]2CNC[C@@H](C2)c2cccc(=O)n21)c1cccn1C(F)F. The molecular formula is C18H21ClF2N4O2. The van der Waals surface area contributed by atoms with Gasteiger partial charge >= 0.3 is 6.55 Å². The largest absolute Gasteiger partial charge is 0.349 e. The quantitative estimate of drug-likeness (QED) is 0.829. The summed E-state index contributed by atoms with van der Waals surface area (Å²) in [5, 5.41) is 6.13. The van der Waals surface area contributed by atoms with E-state index in [-0.39, 0.29) is 48.1 Å². The van der Waals surface area contributed by atoms with Crippen molar-refractivity contribution in [2.24, 2.45) is 5.92 Å². The predicted molar refractivity (Wildman–Crippen MR) is 98.7 cm³/mol. The molecule has 6 nitrogen and oxygen atoms in total. The van der Waals surface area contributed by atoms with Gasteiger partial charge in [0.2, 0.25) is 0 Å². The third kappa shape index (κ3) is 3.51. The van der Waals surface area contributed by atoms with Crippen molar-refractivity contribution >= 4 is 18.3 Å². The molecule has 2 bridgehead atoms. The zero-order valence-corrected chi connectivity index (χ0v) is 15.3. The van der Waals surface area contributed by atoms with Gasteiger partial charge in [-0.25, -0.2) is 0 Å². The van der Waals surface area contributed by atoms with Crippen LogP contribution in [0.2, 0.25) is 0 Å². The third-order valence-corrected chi connectivity index (χ3v) is 5.39. The van der Waals surface area contributed by atoms with Gasteiger partial charge in [0.15, 0.2) is 0 Å². The van der Waals surface area contributed by atoms with E-state index in [0.717, 1.165) is 25.2 Å². The number of rotatable bonds is 4. The number of carbonyl (C=O) groups excluding carboxylic acids is 1. The van der Waals surface area contributed by atoms with Crippen molar-refractivity contribution in [3.05, 3.63) is 58.3 Å². The van der Waals surface area contributed by atoms with Crippen LogP contribution in [0.5, 0.6) is 0 Å². The number of fused-ring (bicyclic) bond motifs is 4. The first kappa shape index (κ1) is 19.6. The summed E-state index contributed by atoms with van der Waals surface area (Å²) in [4.78, 5) is 24.8. The van der Waals surface area contributed by atoms with Crippen LogP contribution in [0.1, 0.15) is 41.1 Å². The number of piperidine rings is 1. The number of alkyl halides is 2. The van der Waals surface area contributed by atoms with E-state index in [2.05, 4.69) is 10.6 Å². The number of pyridine rings is 1. The molecule has 1 amide bonds. The van der Waals surface area contributed by atoms with Crippen LogP contribution in [0.25, 0.3) is 0 Å². The second-order valence-corrected chi connectivity index (χ2v) is 6.87. The van der Waals surface area contributed by atoms with Crippen molar-refractivity contribution in [1.82, 2.24) is 19.8 Å². The van der Waals surface area contributed by atoms with Crippen molar-refractivity contribution in [3.63, 3.8) is 0 Å². The Morgan fingerprint density at radius 1 is 1.26 bits per heavy atom. The van der Waals surface area contributed by atoms with Crippen molar-refractivity contribution in [1.29, 1.82) is 0 Å².